The van der Waals surface area contributed by atoms with Crippen LogP contribution >= 0.6 is 0 Å². The lowest BCUT2D eigenvalue weighted by atomic mass is 10.2. The van der Waals surface area contributed by atoms with Crippen molar-refractivity contribution in [2.75, 3.05) is 20.3 Å². The molecule has 5 heteroatoms. The van der Waals surface area contributed by atoms with Crippen molar-refractivity contribution in [1.82, 2.24) is 14.7 Å². The number of hydrogen-bond acceptors (Lipinski definition) is 4. The number of rotatable bonds is 7. The molecule has 0 saturated carbocycles. The first kappa shape index (κ1) is 15.4. The van der Waals surface area contributed by atoms with E-state index in [0.717, 1.165) is 23.2 Å². The zero-order valence-electron chi connectivity index (χ0n) is 13.5. The van der Waals surface area contributed by atoms with Crippen LogP contribution < -0.4 is 9.47 Å². The van der Waals surface area contributed by atoms with Crippen LogP contribution in [0.3, 0.4) is 0 Å². The minimum atomic E-state index is 0.345. The largest absolute Gasteiger partial charge is 0.471 e. The molecule has 1 aromatic heterocycles. The lowest BCUT2D eigenvalue weighted by Gasteiger charge is -2.13. The van der Waals surface area contributed by atoms with Crippen LogP contribution in [0.15, 0.2) is 54.6 Å². The minimum absolute atomic E-state index is 0.345. The normalized spacial score (nSPS) is 11.1. The molecule has 0 amide bonds. The van der Waals surface area contributed by atoms with E-state index in [4.69, 9.17) is 9.47 Å². The molecule has 2 aromatic carbocycles. The van der Waals surface area contributed by atoms with E-state index >= 15 is 0 Å². The molecule has 0 aliphatic rings. The highest BCUT2D eigenvalue weighted by molar-refractivity contribution is 5.84. The molecule has 0 fully saturated rings. The van der Waals surface area contributed by atoms with E-state index in [0.29, 0.717) is 19.3 Å². The molecule has 1 heterocycles. The maximum Gasteiger partial charge on any atom is 0.242 e. The summed E-state index contributed by atoms with van der Waals surface area (Å²) in [6.07, 6.45) is 0. The van der Waals surface area contributed by atoms with Crippen molar-refractivity contribution in [3.8, 4) is 11.6 Å². The summed E-state index contributed by atoms with van der Waals surface area (Å²) >= 11 is 0. The predicted octanol–water partition coefficient (Wildman–Crippen LogP) is 3.36. The summed E-state index contributed by atoms with van der Waals surface area (Å²) < 4.78 is 13.5. The van der Waals surface area contributed by atoms with Gasteiger partial charge in [0.15, 0.2) is 6.73 Å². The molecule has 0 aliphatic carbocycles. The van der Waals surface area contributed by atoms with Gasteiger partial charge < -0.3 is 9.47 Å². The fourth-order valence-corrected chi connectivity index (χ4v) is 2.22. The molecule has 0 unspecified atom stereocenters. The van der Waals surface area contributed by atoms with Crippen molar-refractivity contribution in [1.29, 1.82) is 0 Å². The Bertz CT molecular complexity index is 755. The van der Waals surface area contributed by atoms with E-state index in [1.54, 1.807) is 0 Å². The van der Waals surface area contributed by atoms with E-state index < -0.39 is 0 Å². The average molecular weight is 311 g/mol. The molecular weight excluding hydrogens is 290 g/mol. The molecule has 0 radical (unpaired) electrons. The molecule has 0 spiro atoms. The summed E-state index contributed by atoms with van der Waals surface area (Å²) in [7, 11) is 2.01. The van der Waals surface area contributed by atoms with Gasteiger partial charge in [-0.3, -0.25) is 4.90 Å². The Hall–Kier alpha value is -2.53. The van der Waals surface area contributed by atoms with Gasteiger partial charge in [-0.05, 0) is 37.9 Å². The van der Waals surface area contributed by atoms with Crippen LogP contribution in [0.2, 0.25) is 0 Å². The first-order chi connectivity index (χ1) is 11.3. The van der Waals surface area contributed by atoms with Gasteiger partial charge in [0.2, 0.25) is 5.88 Å². The van der Waals surface area contributed by atoms with Crippen LogP contribution in [-0.4, -0.2) is 35.0 Å². The second-order valence-electron chi connectivity index (χ2n) is 5.35. The van der Waals surface area contributed by atoms with E-state index in [1.165, 1.54) is 0 Å². The summed E-state index contributed by atoms with van der Waals surface area (Å²) in [6, 6.07) is 17.7. The number of nitrogens with zero attached hydrogens (tertiary/aromatic N) is 3. The second-order valence-corrected chi connectivity index (χ2v) is 5.35. The highest BCUT2D eigenvalue weighted by Gasteiger charge is 2.12. The summed E-state index contributed by atoms with van der Waals surface area (Å²) in [5.41, 5.74) is 0.998. The Kier molecular flexibility index (Phi) is 4.78. The van der Waals surface area contributed by atoms with Gasteiger partial charge in [0.05, 0.1) is 10.9 Å². The zero-order chi connectivity index (χ0) is 16.1. The standard InChI is InChI=1S/C18H21N3O2/c1-3-20(2)13-23-18-16-11-7-8-12-17(16)21(19-18)14-22-15-9-5-4-6-10-15/h4-12H,3,13-14H2,1-2H3. The monoisotopic (exact) mass is 311 g/mol. The topological polar surface area (TPSA) is 39.5 Å². The van der Waals surface area contributed by atoms with Gasteiger partial charge in [-0.2, -0.15) is 0 Å². The minimum Gasteiger partial charge on any atom is -0.471 e. The molecule has 0 atom stereocenters. The molecule has 0 N–H and O–H groups in total. The number of para-hydroxylation sites is 2. The first-order valence-corrected chi connectivity index (χ1v) is 7.72. The second kappa shape index (κ2) is 7.15. The number of benzene rings is 2. The SMILES string of the molecule is CCN(C)COc1nn(COc2ccccc2)c2ccccc12. The third-order valence-corrected chi connectivity index (χ3v) is 3.68. The lowest BCUT2D eigenvalue weighted by Crippen LogP contribution is -2.23. The lowest BCUT2D eigenvalue weighted by molar-refractivity contribution is 0.150. The van der Waals surface area contributed by atoms with E-state index in [1.807, 2.05) is 66.3 Å². The van der Waals surface area contributed by atoms with Crippen molar-refractivity contribution in [2.45, 2.75) is 13.7 Å². The van der Waals surface area contributed by atoms with Gasteiger partial charge in [0.25, 0.3) is 0 Å². The number of aromatic nitrogens is 2. The first-order valence-electron chi connectivity index (χ1n) is 7.72. The number of hydrogen-bond donors (Lipinski definition) is 0. The zero-order valence-corrected chi connectivity index (χ0v) is 13.5. The summed E-state index contributed by atoms with van der Waals surface area (Å²) in [4.78, 5) is 2.08. The number of fused-ring (bicyclic) bond motifs is 1. The molecule has 5 nitrogen and oxygen atoms in total. The van der Waals surface area contributed by atoms with E-state index in [9.17, 15) is 0 Å². The Balaban J connectivity index is 1.80. The molecule has 3 aromatic rings. The van der Waals surface area contributed by atoms with Gasteiger partial charge in [0.1, 0.15) is 12.5 Å². The van der Waals surface area contributed by atoms with Crippen molar-refractivity contribution >= 4 is 10.9 Å². The maximum absolute atomic E-state index is 5.84. The molecule has 3 rings (SSSR count). The summed E-state index contributed by atoms with van der Waals surface area (Å²) in [6.45, 7) is 3.87. The van der Waals surface area contributed by atoms with Gasteiger partial charge in [0, 0.05) is 0 Å². The fraction of sp³-hybridized carbons (Fsp3) is 0.278. The predicted molar refractivity (Wildman–Crippen MR) is 90.6 cm³/mol. The highest BCUT2D eigenvalue weighted by atomic mass is 16.5. The number of ether oxygens (including phenoxy) is 2. The third-order valence-electron chi connectivity index (χ3n) is 3.68. The molecular formula is C18H21N3O2. The smallest absolute Gasteiger partial charge is 0.242 e. The van der Waals surface area contributed by atoms with Crippen LogP contribution in [-0.2, 0) is 6.73 Å². The highest BCUT2D eigenvalue weighted by Crippen LogP contribution is 2.25. The Morgan fingerprint density at radius 3 is 2.52 bits per heavy atom. The van der Waals surface area contributed by atoms with Crippen LogP contribution in [0, 0.1) is 0 Å². The quantitative estimate of drug-likeness (QED) is 0.627. The van der Waals surface area contributed by atoms with Crippen molar-refractivity contribution in [3.05, 3.63) is 54.6 Å². The van der Waals surface area contributed by atoms with E-state index in [2.05, 4.69) is 16.9 Å². The molecule has 120 valence electrons. The molecule has 0 saturated heterocycles. The van der Waals surface area contributed by atoms with Gasteiger partial charge in [-0.15, -0.1) is 5.10 Å². The van der Waals surface area contributed by atoms with Crippen molar-refractivity contribution in [2.24, 2.45) is 0 Å². The molecule has 0 bridgehead atoms. The third kappa shape index (κ3) is 3.63. The Labute approximate surface area is 136 Å². The van der Waals surface area contributed by atoms with Gasteiger partial charge in [-0.25, -0.2) is 4.68 Å². The maximum atomic E-state index is 5.84. The van der Waals surface area contributed by atoms with Gasteiger partial charge in [-0.1, -0.05) is 37.3 Å². The van der Waals surface area contributed by atoms with Crippen LogP contribution in [0.4, 0.5) is 0 Å². The van der Waals surface area contributed by atoms with Gasteiger partial charge >= 0.3 is 0 Å². The fourth-order valence-electron chi connectivity index (χ4n) is 2.22. The average Bonchev–Trinajstić information content (AvgIpc) is 2.97. The molecule has 0 aliphatic heterocycles. The summed E-state index contributed by atoms with van der Waals surface area (Å²) in [5.74, 6) is 1.46. The van der Waals surface area contributed by atoms with Crippen molar-refractivity contribution < 1.29 is 9.47 Å². The molecule has 23 heavy (non-hydrogen) atoms. The summed E-state index contributed by atoms with van der Waals surface area (Å²) in [5, 5.41) is 5.55. The van der Waals surface area contributed by atoms with E-state index in [-0.39, 0.29) is 0 Å². The van der Waals surface area contributed by atoms with Crippen LogP contribution in [0.1, 0.15) is 6.92 Å². The Morgan fingerprint density at radius 2 is 1.74 bits per heavy atom. The Morgan fingerprint density at radius 1 is 1.00 bits per heavy atom. The van der Waals surface area contributed by atoms with Crippen molar-refractivity contribution in [3.63, 3.8) is 0 Å². The van der Waals surface area contributed by atoms with Crippen LogP contribution in [0.25, 0.3) is 10.9 Å². The van der Waals surface area contributed by atoms with Crippen LogP contribution in [0.5, 0.6) is 11.6 Å².